The molecule has 3 aromatic carbocycles. The van der Waals surface area contributed by atoms with Crippen LogP contribution >= 0.6 is 23.2 Å². The van der Waals surface area contributed by atoms with E-state index in [0.717, 1.165) is 35.7 Å². The first-order chi connectivity index (χ1) is 12.6. The van der Waals surface area contributed by atoms with Crippen LogP contribution in [0.3, 0.4) is 0 Å². The molecular weight excluding hydrogens is 369 g/mol. The highest BCUT2D eigenvalue weighted by Gasteiger charge is 2.31. The van der Waals surface area contributed by atoms with Gasteiger partial charge >= 0.3 is 0 Å². The molecule has 3 aromatic rings. The molecular formula is C21H18Cl2NO2. The molecule has 0 aromatic heterocycles. The first-order valence-electron chi connectivity index (χ1n) is 8.68. The van der Waals surface area contributed by atoms with E-state index in [-0.39, 0.29) is 17.9 Å². The maximum atomic E-state index is 13.0. The fourth-order valence-electron chi connectivity index (χ4n) is 3.54. The zero-order valence-corrected chi connectivity index (χ0v) is 15.6. The van der Waals surface area contributed by atoms with E-state index in [1.54, 1.807) is 12.1 Å². The van der Waals surface area contributed by atoms with E-state index in [0.29, 0.717) is 15.8 Å². The van der Waals surface area contributed by atoms with Crippen LogP contribution in [0.25, 0.3) is 10.8 Å². The van der Waals surface area contributed by atoms with Crippen molar-refractivity contribution in [2.45, 2.75) is 25.0 Å². The highest BCUT2D eigenvalue weighted by Crippen LogP contribution is 2.39. The fraction of sp³-hybridized carbons (Fsp3) is 0.238. The van der Waals surface area contributed by atoms with Crippen LogP contribution in [0.4, 0.5) is 0 Å². The Bertz CT molecular complexity index is 944. The molecule has 1 saturated heterocycles. The van der Waals surface area contributed by atoms with E-state index < -0.39 is 0 Å². The number of fused-ring (bicyclic) bond motifs is 1. The minimum atomic E-state index is -0.187. The lowest BCUT2D eigenvalue weighted by Crippen LogP contribution is -2.41. The average molecular weight is 387 g/mol. The summed E-state index contributed by atoms with van der Waals surface area (Å²) >= 11 is 12.4. The molecule has 133 valence electrons. The Morgan fingerprint density at radius 2 is 1.85 bits per heavy atom. The molecule has 0 aliphatic carbocycles. The summed E-state index contributed by atoms with van der Waals surface area (Å²) in [5.74, 6) is 0.597. The molecule has 4 rings (SSSR count). The number of hydrogen-bond acceptors (Lipinski definition) is 2. The van der Waals surface area contributed by atoms with Crippen LogP contribution in [0.1, 0.15) is 24.4 Å². The Labute approximate surface area is 162 Å². The van der Waals surface area contributed by atoms with E-state index >= 15 is 0 Å². The van der Waals surface area contributed by atoms with Gasteiger partial charge < -0.3 is 10.1 Å². The number of ether oxygens (including phenoxy) is 1. The third-order valence-electron chi connectivity index (χ3n) is 4.84. The summed E-state index contributed by atoms with van der Waals surface area (Å²) in [5.41, 5.74) is 0.728. The second kappa shape index (κ2) is 7.36. The normalized spacial score (nSPS) is 20.2. The SMILES string of the molecule is [O]c1c(C2NCCCC2Oc2cccc(Cl)c2Cl)ccc2ccccc12. The molecule has 5 heteroatoms. The molecule has 2 unspecified atom stereocenters. The molecule has 0 saturated carbocycles. The average Bonchev–Trinajstić information content (AvgIpc) is 2.67. The molecule has 2 atom stereocenters. The van der Waals surface area contributed by atoms with Gasteiger partial charge in [-0.3, -0.25) is 5.11 Å². The quantitative estimate of drug-likeness (QED) is 0.585. The topological polar surface area (TPSA) is 41.2 Å². The summed E-state index contributed by atoms with van der Waals surface area (Å²) in [6, 6.07) is 16.7. The summed E-state index contributed by atoms with van der Waals surface area (Å²) in [4.78, 5) is 0. The Hall–Kier alpha value is -1.94. The maximum absolute atomic E-state index is 13.0. The zero-order valence-electron chi connectivity index (χ0n) is 14.0. The lowest BCUT2D eigenvalue weighted by Gasteiger charge is -2.33. The molecule has 1 N–H and O–H groups in total. The number of halogens is 2. The van der Waals surface area contributed by atoms with Crippen molar-refractivity contribution in [3.05, 3.63) is 70.2 Å². The Morgan fingerprint density at radius 3 is 2.73 bits per heavy atom. The fourth-order valence-corrected chi connectivity index (χ4v) is 3.88. The minimum Gasteiger partial charge on any atom is -0.487 e. The number of rotatable bonds is 3. The third kappa shape index (κ3) is 3.23. The first kappa shape index (κ1) is 17.5. The number of piperidine rings is 1. The third-order valence-corrected chi connectivity index (χ3v) is 5.64. The molecule has 1 aliphatic heterocycles. The van der Waals surface area contributed by atoms with Crippen molar-refractivity contribution in [3.63, 3.8) is 0 Å². The number of hydrogen-bond donors (Lipinski definition) is 1. The largest absolute Gasteiger partial charge is 0.487 e. The van der Waals surface area contributed by atoms with Gasteiger partial charge in [-0.25, -0.2) is 0 Å². The Kier molecular flexibility index (Phi) is 4.94. The van der Waals surface area contributed by atoms with E-state index in [9.17, 15) is 5.11 Å². The van der Waals surface area contributed by atoms with Gasteiger partial charge in [0.25, 0.3) is 0 Å². The summed E-state index contributed by atoms with van der Waals surface area (Å²) in [6.45, 7) is 0.847. The van der Waals surface area contributed by atoms with Crippen molar-refractivity contribution in [3.8, 4) is 11.5 Å². The summed E-state index contributed by atoms with van der Waals surface area (Å²) < 4.78 is 6.18. The van der Waals surface area contributed by atoms with Gasteiger partial charge in [0, 0.05) is 10.9 Å². The summed E-state index contributed by atoms with van der Waals surface area (Å²) in [5, 5.41) is 19.0. The van der Waals surface area contributed by atoms with Gasteiger partial charge in [-0.05, 0) is 36.9 Å². The molecule has 1 heterocycles. The second-order valence-corrected chi connectivity index (χ2v) is 7.27. The lowest BCUT2D eigenvalue weighted by atomic mass is 9.92. The van der Waals surface area contributed by atoms with E-state index in [1.165, 1.54) is 0 Å². The van der Waals surface area contributed by atoms with Gasteiger partial charge in [-0.15, -0.1) is 0 Å². The van der Waals surface area contributed by atoms with Crippen LogP contribution in [0.15, 0.2) is 54.6 Å². The standard InChI is InChI=1S/C21H18Cl2NO2/c22-16-7-3-8-17(19(16)23)26-18-9-4-12-24-20(18)15-11-10-13-5-1-2-6-14(13)21(15)25/h1-3,5-8,10-11,18,20,24H,4,9,12H2. The second-order valence-electron chi connectivity index (χ2n) is 6.49. The Morgan fingerprint density at radius 1 is 1.00 bits per heavy atom. The van der Waals surface area contributed by atoms with Gasteiger partial charge in [0.05, 0.1) is 11.1 Å². The van der Waals surface area contributed by atoms with Crippen molar-refractivity contribution in [1.82, 2.24) is 5.32 Å². The van der Waals surface area contributed by atoms with Crippen LogP contribution in [0.2, 0.25) is 10.0 Å². The molecule has 1 fully saturated rings. The van der Waals surface area contributed by atoms with Crippen molar-refractivity contribution in [1.29, 1.82) is 0 Å². The first-order valence-corrected chi connectivity index (χ1v) is 9.43. The van der Waals surface area contributed by atoms with Crippen LogP contribution in [-0.2, 0) is 5.11 Å². The highest BCUT2D eigenvalue weighted by molar-refractivity contribution is 6.42. The van der Waals surface area contributed by atoms with E-state index in [1.807, 2.05) is 42.5 Å². The van der Waals surface area contributed by atoms with Crippen molar-refractivity contribution < 1.29 is 9.84 Å². The van der Waals surface area contributed by atoms with Crippen LogP contribution < -0.4 is 10.1 Å². The van der Waals surface area contributed by atoms with Crippen molar-refractivity contribution >= 4 is 34.0 Å². The van der Waals surface area contributed by atoms with Crippen LogP contribution in [-0.4, -0.2) is 12.6 Å². The summed E-state index contributed by atoms with van der Waals surface area (Å²) in [6.07, 6.45) is 1.63. The number of nitrogens with one attached hydrogen (secondary N) is 1. The molecule has 0 spiro atoms. The monoisotopic (exact) mass is 386 g/mol. The highest BCUT2D eigenvalue weighted by atomic mass is 35.5. The molecule has 3 nitrogen and oxygen atoms in total. The molecule has 0 amide bonds. The molecule has 1 aliphatic rings. The van der Waals surface area contributed by atoms with E-state index in [4.69, 9.17) is 27.9 Å². The van der Waals surface area contributed by atoms with Gasteiger partial charge in [0.15, 0.2) is 5.75 Å². The maximum Gasteiger partial charge on any atom is 0.191 e. The lowest BCUT2D eigenvalue weighted by molar-refractivity contribution is 0.118. The Balaban J connectivity index is 1.70. The smallest absolute Gasteiger partial charge is 0.191 e. The van der Waals surface area contributed by atoms with Gasteiger partial charge in [-0.1, -0.05) is 65.7 Å². The summed E-state index contributed by atoms with van der Waals surface area (Å²) in [7, 11) is 0. The zero-order chi connectivity index (χ0) is 18.1. The predicted molar refractivity (Wildman–Crippen MR) is 105 cm³/mol. The van der Waals surface area contributed by atoms with Crippen LogP contribution in [0.5, 0.6) is 11.5 Å². The van der Waals surface area contributed by atoms with Gasteiger partial charge in [-0.2, -0.15) is 0 Å². The predicted octanol–water partition coefficient (Wildman–Crippen LogP) is 6.16. The van der Waals surface area contributed by atoms with E-state index in [2.05, 4.69) is 5.32 Å². The molecule has 26 heavy (non-hydrogen) atoms. The minimum absolute atomic E-state index is 0.0493. The van der Waals surface area contributed by atoms with Crippen LogP contribution in [0, 0.1) is 0 Å². The number of benzene rings is 3. The van der Waals surface area contributed by atoms with Crippen molar-refractivity contribution in [2.24, 2.45) is 0 Å². The molecule has 1 radical (unpaired) electrons. The van der Waals surface area contributed by atoms with Crippen molar-refractivity contribution in [2.75, 3.05) is 6.54 Å². The van der Waals surface area contributed by atoms with Gasteiger partial charge in [0.2, 0.25) is 0 Å². The molecule has 0 bridgehead atoms. The van der Waals surface area contributed by atoms with Gasteiger partial charge in [0.1, 0.15) is 16.9 Å².